The van der Waals surface area contributed by atoms with Crippen molar-refractivity contribution in [1.82, 2.24) is 4.90 Å². The van der Waals surface area contributed by atoms with Gasteiger partial charge in [-0.2, -0.15) is 0 Å². The highest BCUT2D eigenvalue weighted by molar-refractivity contribution is 9.10. The zero-order valence-electron chi connectivity index (χ0n) is 16.1. The van der Waals surface area contributed by atoms with Gasteiger partial charge in [-0.15, -0.1) is 0 Å². The van der Waals surface area contributed by atoms with Crippen LogP contribution in [0.25, 0.3) is 0 Å². The van der Waals surface area contributed by atoms with Crippen molar-refractivity contribution in [3.05, 3.63) is 52.0 Å². The number of rotatable bonds is 6. The van der Waals surface area contributed by atoms with Crippen LogP contribution in [-0.2, 0) is 4.79 Å². The maximum atomic E-state index is 12.7. The van der Waals surface area contributed by atoms with Gasteiger partial charge >= 0.3 is 0 Å². The van der Waals surface area contributed by atoms with Crippen LogP contribution in [0.3, 0.4) is 0 Å². The van der Waals surface area contributed by atoms with Crippen molar-refractivity contribution in [2.75, 3.05) is 42.9 Å². The van der Waals surface area contributed by atoms with Gasteiger partial charge in [0.25, 0.3) is 5.91 Å². The van der Waals surface area contributed by atoms with Gasteiger partial charge in [-0.3, -0.25) is 4.79 Å². The van der Waals surface area contributed by atoms with E-state index in [9.17, 15) is 4.79 Å². The second-order valence-corrected chi connectivity index (χ2v) is 8.14. The lowest BCUT2D eigenvalue weighted by molar-refractivity contribution is -0.122. The van der Waals surface area contributed by atoms with E-state index in [1.165, 1.54) is 0 Å². The van der Waals surface area contributed by atoms with Crippen LogP contribution in [0, 0.1) is 0 Å². The van der Waals surface area contributed by atoms with Gasteiger partial charge in [-0.05, 0) is 55.9 Å². The number of halogens is 2. The third-order valence-electron chi connectivity index (χ3n) is 4.87. The van der Waals surface area contributed by atoms with Gasteiger partial charge in [0.2, 0.25) is 0 Å². The van der Waals surface area contributed by atoms with E-state index in [2.05, 4.69) is 38.0 Å². The summed E-state index contributed by atoms with van der Waals surface area (Å²) in [6.45, 7) is 8.83. The number of hydrogen-bond donors (Lipinski definition) is 1. The summed E-state index contributed by atoms with van der Waals surface area (Å²) in [5.74, 6) is 0.437. The summed E-state index contributed by atoms with van der Waals surface area (Å²) in [5, 5.41) is 3.58. The molecule has 1 aliphatic rings. The third kappa shape index (κ3) is 5.40. The first-order valence-electron chi connectivity index (χ1n) is 9.46. The standard InChI is InChI=1S/C21H25BrClN3O2/c1-3-25-10-12-26(13-11-25)20-9-6-17(23)14-19(20)24-21(27)15(2)28-18-7-4-16(22)5-8-18/h4-9,14-15H,3,10-13H2,1-2H3,(H,24,27). The van der Waals surface area contributed by atoms with E-state index in [0.717, 1.165) is 42.9 Å². The van der Waals surface area contributed by atoms with E-state index in [1.54, 1.807) is 13.0 Å². The van der Waals surface area contributed by atoms with Gasteiger partial charge in [-0.1, -0.05) is 34.5 Å². The molecule has 0 radical (unpaired) electrons. The Bertz CT molecular complexity index is 808. The number of nitrogens with one attached hydrogen (secondary N) is 1. The van der Waals surface area contributed by atoms with E-state index >= 15 is 0 Å². The molecule has 1 atom stereocenters. The van der Waals surface area contributed by atoms with E-state index in [0.29, 0.717) is 16.5 Å². The highest BCUT2D eigenvalue weighted by Gasteiger charge is 2.21. The molecular weight excluding hydrogens is 442 g/mol. The fourth-order valence-corrected chi connectivity index (χ4v) is 3.63. The molecule has 7 heteroatoms. The molecule has 0 bridgehead atoms. The topological polar surface area (TPSA) is 44.8 Å². The van der Waals surface area contributed by atoms with Crippen LogP contribution in [0.4, 0.5) is 11.4 Å². The molecule has 28 heavy (non-hydrogen) atoms. The first-order chi connectivity index (χ1) is 13.5. The van der Waals surface area contributed by atoms with Crippen LogP contribution in [0.5, 0.6) is 5.75 Å². The molecule has 1 saturated heterocycles. The van der Waals surface area contributed by atoms with Gasteiger partial charge in [0.1, 0.15) is 5.75 Å². The van der Waals surface area contributed by atoms with Crippen molar-refractivity contribution in [2.45, 2.75) is 20.0 Å². The second-order valence-electron chi connectivity index (χ2n) is 6.79. The minimum atomic E-state index is -0.634. The highest BCUT2D eigenvalue weighted by atomic mass is 79.9. The number of likely N-dealkylation sites (N-methyl/N-ethyl adjacent to an activating group) is 1. The quantitative estimate of drug-likeness (QED) is 0.673. The maximum Gasteiger partial charge on any atom is 0.265 e. The molecule has 3 rings (SSSR count). The summed E-state index contributed by atoms with van der Waals surface area (Å²) in [7, 11) is 0. The number of ether oxygens (including phenoxy) is 1. The molecule has 1 unspecified atom stereocenters. The van der Waals surface area contributed by atoms with Crippen molar-refractivity contribution in [1.29, 1.82) is 0 Å². The van der Waals surface area contributed by atoms with Crippen molar-refractivity contribution in [3.63, 3.8) is 0 Å². The Morgan fingerprint density at radius 1 is 1.18 bits per heavy atom. The Labute approximate surface area is 179 Å². The van der Waals surface area contributed by atoms with Gasteiger partial charge in [0, 0.05) is 35.7 Å². The number of amides is 1. The minimum Gasteiger partial charge on any atom is -0.481 e. The molecule has 1 aliphatic heterocycles. The number of nitrogens with zero attached hydrogens (tertiary/aromatic N) is 2. The number of hydrogen-bond acceptors (Lipinski definition) is 4. The van der Waals surface area contributed by atoms with Gasteiger partial charge in [0.05, 0.1) is 11.4 Å². The van der Waals surface area contributed by atoms with Crippen LogP contribution in [-0.4, -0.2) is 49.6 Å². The van der Waals surface area contributed by atoms with Crippen molar-refractivity contribution in [2.24, 2.45) is 0 Å². The van der Waals surface area contributed by atoms with Crippen molar-refractivity contribution >= 4 is 44.8 Å². The molecule has 5 nitrogen and oxygen atoms in total. The maximum absolute atomic E-state index is 12.7. The van der Waals surface area contributed by atoms with Crippen LogP contribution in [0.15, 0.2) is 46.9 Å². The number of piperazine rings is 1. The van der Waals surface area contributed by atoms with Crippen LogP contribution in [0.2, 0.25) is 5.02 Å². The number of carbonyl (C=O) groups excluding carboxylic acids is 1. The summed E-state index contributed by atoms with van der Waals surface area (Å²) in [6, 6.07) is 13.0. The van der Waals surface area contributed by atoms with Crippen LogP contribution in [0.1, 0.15) is 13.8 Å². The van der Waals surface area contributed by atoms with Gasteiger partial charge in [0.15, 0.2) is 6.10 Å². The fourth-order valence-electron chi connectivity index (χ4n) is 3.19. The molecule has 0 saturated carbocycles. The summed E-state index contributed by atoms with van der Waals surface area (Å²) in [4.78, 5) is 17.4. The molecule has 2 aromatic rings. The third-order valence-corrected chi connectivity index (χ3v) is 5.64. The number of benzene rings is 2. The van der Waals surface area contributed by atoms with E-state index in [1.807, 2.05) is 36.4 Å². The SMILES string of the molecule is CCN1CCN(c2ccc(Cl)cc2NC(=O)C(C)Oc2ccc(Br)cc2)CC1. The summed E-state index contributed by atoms with van der Waals surface area (Å²) < 4.78 is 6.72. The Morgan fingerprint density at radius 3 is 2.50 bits per heavy atom. The van der Waals surface area contributed by atoms with Gasteiger partial charge < -0.3 is 19.9 Å². The molecule has 0 aromatic heterocycles. The molecule has 0 spiro atoms. The molecular formula is C21H25BrClN3O2. The Kier molecular flexibility index (Phi) is 7.21. The highest BCUT2D eigenvalue weighted by Crippen LogP contribution is 2.30. The van der Waals surface area contributed by atoms with Gasteiger partial charge in [-0.25, -0.2) is 0 Å². The predicted molar refractivity (Wildman–Crippen MR) is 119 cm³/mol. The van der Waals surface area contributed by atoms with E-state index < -0.39 is 6.10 Å². The summed E-state index contributed by atoms with van der Waals surface area (Å²) in [5.41, 5.74) is 1.71. The molecule has 1 N–H and O–H groups in total. The minimum absolute atomic E-state index is 0.210. The van der Waals surface area contributed by atoms with Crippen molar-refractivity contribution < 1.29 is 9.53 Å². The zero-order valence-corrected chi connectivity index (χ0v) is 18.5. The average molecular weight is 467 g/mol. The molecule has 150 valence electrons. The second kappa shape index (κ2) is 9.63. The van der Waals surface area contributed by atoms with Crippen LogP contribution >= 0.6 is 27.5 Å². The predicted octanol–water partition coefficient (Wildman–Crippen LogP) is 4.65. The van der Waals surface area contributed by atoms with Crippen LogP contribution < -0.4 is 15.0 Å². The molecule has 1 heterocycles. The van der Waals surface area contributed by atoms with E-state index in [-0.39, 0.29) is 5.91 Å². The Hall–Kier alpha value is -1.76. The fraction of sp³-hybridized carbons (Fsp3) is 0.381. The summed E-state index contributed by atoms with van der Waals surface area (Å²) >= 11 is 9.59. The number of anilines is 2. The summed E-state index contributed by atoms with van der Waals surface area (Å²) in [6.07, 6.45) is -0.634. The lowest BCUT2D eigenvalue weighted by atomic mass is 10.2. The average Bonchev–Trinajstić information content (AvgIpc) is 2.70. The normalized spacial score (nSPS) is 15.9. The monoisotopic (exact) mass is 465 g/mol. The Balaban J connectivity index is 1.69. The smallest absolute Gasteiger partial charge is 0.265 e. The largest absolute Gasteiger partial charge is 0.481 e. The Morgan fingerprint density at radius 2 is 1.86 bits per heavy atom. The molecule has 1 fully saturated rings. The molecule has 2 aromatic carbocycles. The lowest BCUT2D eigenvalue weighted by Crippen LogP contribution is -2.46. The first kappa shape index (κ1) is 21.0. The first-order valence-corrected chi connectivity index (χ1v) is 10.6. The number of carbonyl (C=O) groups is 1. The van der Waals surface area contributed by atoms with E-state index in [4.69, 9.17) is 16.3 Å². The zero-order chi connectivity index (χ0) is 20.1. The molecule has 0 aliphatic carbocycles. The lowest BCUT2D eigenvalue weighted by Gasteiger charge is -2.36. The van der Waals surface area contributed by atoms with Crippen molar-refractivity contribution in [3.8, 4) is 5.75 Å². The molecule has 1 amide bonds.